The Morgan fingerprint density at radius 2 is 1.11 bits per heavy atom. The standard InChI is InChI=1S/C17H18.2W/c1-12-5-7-16(9-14(12)3)11-17-8-6-13(2)15(4)10-17;;/h5-6,9-10H,11H2,1-4H3;;/q-2;;+2. The van der Waals surface area contributed by atoms with Gasteiger partial charge in [0.05, 0.1) is 0 Å². The van der Waals surface area contributed by atoms with Gasteiger partial charge in [-0.15, -0.1) is 0 Å². The maximum atomic E-state index is 3.34. The molecule has 2 aromatic carbocycles. The van der Waals surface area contributed by atoms with Gasteiger partial charge in [0.1, 0.15) is 0 Å². The van der Waals surface area contributed by atoms with Crippen LogP contribution in [-0.2, 0) is 48.6 Å². The first-order valence-electron chi connectivity index (χ1n) is 6.02. The van der Waals surface area contributed by atoms with Crippen molar-refractivity contribution in [2.24, 2.45) is 0 Å². The predicted molar refractivity (Wildman–Crippen MR) is 72.3 cm³/mol. The summed E-state index contributed by atoms with van der Waals surface area (Å²) in [6.07, 6.45) is 0.919. The molecule has 2 heteroatoms. The van der Waals surface area contributed by atoms with Crippen molar-refractivity contribution in [3.05, 3.63) is 69.8 Å². The molecule has 0 radical (unpaired) electrons. The van der Waals surface area contributed by atoms with E-state index in [0.29, 0.717) is 0 Å². The Balaban J connectivity index is 0.00000162. The van der Waals surface area contributed by atoms with Gasteiger partial charge in [0.2, 0.25) is 0 Å². The first kappa shape index (κ1) is 18.8. The Bertz CT molecular complexity index is 495. The quantitative estimate of drug-likeness (QED) is 0.463. The summed E-state index contributed by atoms with van der Waals surface area (Å²) in [4.78, 5) is 0. The third-order valence-corrected chi connectivity index (χ3v) is 3.35. The molecule has 0 aliphatic rings. The molecule has 0 amide bonds. The van der Waals surface area contributed by atoms with Crippen LogP contribution in [0.2, 0.25) is 0 Å². The second-order valence-electron chi connectivity index (χ2n) is 4.83. The van der Waals surface area contributed by atoms with E-state index in [2.05, 4.69) is 64.1 Å². The summed E-state index contributed by atoms with van der Waals surface area (Å²) in [5, 5.41) is 0. The second kappa shape index (κ2) is 8.18. The van der Waals surface area contributed by atoms with E-state index in [0.717, 1.165) is 6.42 Å². The SMILES string of the molecule is Cc1c[c-]c(Cc2[c-]cc(C)c(C)c2)cc1C.[W+2].[W]. The normalized spacial score (nSPS) is 9.47. The Hall–Kier alpha value is -0.183. The summed E-state index contributed by atoms with van der Waals surface area (Å²) in [5.74, 6) is 0. The van der Waals surface area contributed by atoms with E-state index in [-0.39, 0.29) is 42.1 Å². The molecule has 0 bridgehead atoms. The van der Waals surface area contributed by atoms with Crippen LogP contribution in [0.15, 0.2) is 24.3 Å². The van der Waals surface area contributed by atoms with E-state index in [4.69, 9.17) is 0 Å². The van der Waals surface area contributed by atoms with Crippen LogP contribution in [0.3, 0.4) is 0 Å². The molecule has 0 heterocycles. The van der Waals surface area contributed by atoms with Crippen LogP contribution in [-0.4, -0.2) is 0 Å². The number of benzene rings is 2. The maximum absolute atomic E-state index is 3.34. The van der Waals surface area contributed by atoms with Crippen LogP contribution >= 0.6 is 0 Å². The molecule has 0 aliphatic heterocycles. The maximum Gasteiger partial charge on any atom is 2.00 e. The van der Waals surface area contributed by atoms with Crippen LogP contribution in [0.1, 0.15) is 33.4 Å². The van der Waals surface area contributed by atoms with Crippen molar-refractivity contribution in [1.82, 2.24) is 0 Å². The third kappa shape index (κ3) is 5.01. The molecule has 0 aromatic heterocycles. The van der Waals surface area contributed by atoms with Crippen molar-refractivity contribution in [3.8, 4) is 0 Å². The van der Waals surface area contributed by atoms with Crippen LogP contribution < -0.4 is 0 Å². The molecule has 2 rings (SSSR count). The van der Waals surface area contributed by atoms with Crippen molar-refractivity contribution >= 4 is 0 Å². The molecular weight excluding hydrogens is 572 g/mol. The average Bonchev–Trinajstić information content (AvgIpc) is 2.29. The van der Waals surface area contributed by atoms with Crippen molar-refractivity contribution in [1.29, 1.82) is 0 Å². The fourth-order valence-electron chi connectivity index (χ4n) is 1.87. The van der Waals surface area contributed by atoms with E-state index in [1.807, 2.05) is 0 Å². The smallest absolute Gasteiger partial charge is 0.180 e. The first-order valence-corrected chi connectivity index (χ1v) is 6.02. The Morgan fingerprint density at radius 3 is 1.42 bits per heavy atom. The van der Waals surface area contributed by atoms with E-state index >= 15 is 0 Å². The van der Waals surface area contributed by atoms with Gasteiger partial charge in [0, 0.05) is 21.1 Å². The summed E-state index contributed by atoms with van der Waals surface area (Å²) < 4.78 is 0. The van der Waals surface area contributed by atoms with Gasteiger partial charge in [-0.3, -0.25) is 0 Å². The number of aryl methyl sites for hydroxylation is 4. The molecule has 0 atom stereocenters. The minimum atomic E-state index is 0. The second-order valence-corrected chi connectivity index (χ2v) is 4.83. The van der Waals surface area contributed by atoms with Gasteiger partial charge in [-0.05, 0) is 6.42 Å². The van der Waals surface area contributed by atoms with Gasteiger partial charge in [-0.2, -0.15) is 69.8 Å². The molecule has 0 spiro atoms. The van der Waals surface area contributed by atoms with Crippen LogP contribution in [0, 0.1) is 39.8 Å². The summed E-state index contributed by atoms with van der Waals surface area (Å²) in [5.41, 5.74) is 7.76. The van der Waals surface area contributed by atoms with Gasteiger partial charge in [-0.25, -0.2) is 0 Å². The molecule has 0 aliphatic carbocycles. The Kier molecular flexibility index (Phi) is 8.10. The minimum Gasteiger partial charge on any atom is -0.180 e. The monoisotopic (exact) mass is 590 g/mol. The van der Waals surface area contributed by atoms with Crippen molar-refractivity contribution in [2.45, 2.75) is 34.1 Å². The molecule has 0 N–H and O–H groups in total. The Morgan fingerprint density at radius 1 is 0.737 bits per heavy atom. The van der Waals surface area contributed by atoms with Crippen molar-refractivity contribution in [2.75, 3.05) is 0 Å². The van der Waals surface area contributed by atoms with Gasteiger partial charge >= 0.3 is 21.1 Å². The fraction of sp³-hybridized carbons (Fsp3) is 0.294. The van der Waals surface area contributed by atoms with Gasteiger partial charge in [-0.1, -0.05) is 27.7 Å². The predicted octanol–water partition coefficient (Wildman–Crippen LogP) is 4.11. The summed E-state index contributed by atoms with van der Waals surface area (Å²) in [7, 11) is 0. The third-order valence-electron chi connectivity index (χ3n) is 3.35. The first-order chi connectivity index (χ1) is 8.06. The molecule has 0 saturated heterocycles. The minimum absolute atomic E-state index is 0. The Labute approximate surface area is 145 Å². The molecule has 0 fully saturated rings. The topological polar surface area (TPSA) is 0 Å². The van der Waals surface area contributed by atoms with Crippen LogP contribution in [0.4, 0.5) is 0 Å². The van der Waals surface area contributed by atoms with E-state index in [1.54, 1.807) is 0 Å². The summed E-state index contributed by atoms with van der Waals surface area (Å²) in [6.45, 7) is 8.54. The van der Waals surface area contributed by atoms with Gasteiger partial charge in [0.25, 0.3) is 0 Å². The fourth-order valence-corrected chi connectivity index (χ4v) is 1.87. The zero-order valence-electron chi connectivity index (χ0n) is 11.8. The van der Waals surface area contributed by atoms with E-state index in [9.17, 15) is 0 Å². The molecule has 98 valence electrons. The average molecular weight is 590 g/mol. The van der Waals surface area contributed by atoms with Crippen molar-refractivity contribution < 1.29 is 42.1 Å². The molecule has 0 unspecified atom stereocenters. The van der Waals surface area contributed by atoms with Crippen molar-refractivity contribution in [3.63, 3.8) is 0 Å². The van der Waals surface area contributed by atoms with Crippen LogP contribution in [0.25, 0.3) is 0 Å². The summed E-state index contributed by atoms with van der Waals surface area (Å²) in [6, 6.07) is 15.3. The number of hydrogen-bond donors (Lipinski definition) is 0. The molecule has 19 heavy (non-hydrogen) atoms. The van der Waals surface area contributed by atoms with E-state index in [1.165, 1.54) is 33.4 Å². The molecule has 2 aromatic rings. The largest absolute Gasteiger partial charge is 2.00 e. The van der Waals surface area contributed by atoms with Gasteiger partial charge < -0.3 is 0 Å². The summed E-state index contributed by atoms with van der Waals surface area (Å²) >= 11 is 0. The molecular formula is C17H18W2. The number of hydrogen-bond acceptors (Lipinski definition) is 0. The molecule has 0 saturated carbocycles. The van der Waals surface area contributed by atoms with Crippen LogP contribution in [0.5, 0.6) is 0 Å². The zero-order chi connectivity index (χ0) is 12.4. The van der Waals surface area contributed by atoms with Gasteiger partial charge in [0.15, 0.2) is 0 Å². The zero-order valence-corrected chi connectivity index (χ0v) is 17.7. The number of rotatable bonds is 2. The molecule has 0 nitrogen and oxygen atoms in total. The van der Waals surface area contributed by atoms with E-state index < -0.39 is 0 Å².